The van der Waals surface area contributed by atoms with E-state index in [1.807, 2.05) is 0 Å². The number of alkyl halides is 3. The fourth-order valence-corrected chi connectivity index (χ4v) is 1.44. The normalized spacial score (nSPS) is 11.8. The van der Waals surface area contributed by atoms with Crippen LogP contribution in [0.1, 0.15) is 11.3 Å². The molecule has 1 heterocycles. The molecule has 0 bridgehead atoms. The van der Waals surface area contributed by atoms with Gasteiger partial charge in [-0.25, -0.2) is 0 Å². The van der Waals surface area contributed by atoms with Crippen LogP contribution in [0.4, 0.5) is 13.2 Å². The molecule has 0 aliphatic carbocycles. The van der Waals surface area contributed by atoms with Crippen molar-refractivity contribution in [1.82, 2.24) is 15.4 Å². The van der Waals surface area contributed by atoms with Crippen LogP contribution in [-0.4, -0.2) is 15.4 Å². The van der Waals surface area contributed by atoms with Gasteiger partial charge in [-0.3, -0.25) is 0 Å². The van der Waals surface area contributed by atoms with Gasteiger partial charge >= 0.3 is 6.18 Å². The molecule has 3 N–H and O–H groups in total. The molecular formula is C10H9F3N4. The van der Waals surface area contributed by atoms with Gasteiger partial charge in [-0.2, -0.15) is 28.6 Å². The fourth-order valence-electron chi connectivity index (χ4n) is 1.44. The number of nitrogens with one attached hydrogen (secondary N) is 1. The number of nitrogens with zero attached hydrogens (tertiary/aromatic N) is 2. The highest BCUT2D eigenvalue weighted by atomic mass is 19.4. The van der Waals surface area contributed by atoms with Crippen LogP contribution in [0.15, 0.2) is 24.3 Å². The molecule has 0 unspecified atom stereocenters. The van der Waals surface area contributed by atoms with E-state index in [0.717, 1.165) is 12.1 Å². The van der Waals surface area contributed by atoms with Crippen LogP contribution in [0, 0.1) is 0 Å². The Bertz CT molecular complexity index is 501. The SMILES string of the molecule is NCc1n[nH]nc1-c1ccc(C(F)(F)F)cc1. The second-order valence-corrected chi connectivity index (χ2v) is 3.40. The number of hydrogen-bond donors (Lipinski definition) is 2. The fraction of sp³-hybridized carbons (Fsp3) is 0.200. The number of hydrogen-bond acceptors (Lipinski definition) is 3. The summed E-state index contributed by atoms with van der Waals surface area (Å²) in [6, 6.07) is 4.70. The molecule has 7 heteroatoms. The van der Waals surface area contributed by atoms with Gasteiger partial charge in [0.05, 0.1) is 5.56 Å². The summed E-state index contributed by atoms with van der Waals surface area (Å²) in [7, 11) is 0. The van der Waals surface area contributed by atoms with Gasteiger partial charge in [-0.15, -0.1) is 0 Å². The highest BCUT2D eigenvalue weighted by Gasteiger charge is 2.30. The quantitative estimate of drug-likeness (QED) is 0.845. The van der Waals surface area contributed by atoms with E-state index in [2.05, 4.69) is 15.4 Å². The molecule has 0 aliphatic heterocycles. The topological polar surface area (TPSA) is 67.6 Å². The zero-order chi connectivity index (χ0) is 12.5. The standard InChI is InChI=1S/C10H9F3N4/c11-10(12,13)7-3-1-6(2-4-7)9-8(5-14)15-17-16-9/h1-4H,5,14H2,(H,15,16,17). The van der Waals surface area contributed by atoms with E-state index in [0.29, 0.717) is 17.0 Å². The van der Waals surface area contributed by atoms with Crippen LogP contribution >= 0.6 is 0 Å². The number of benzene rings is 1. The van der Waals surface area contributed by atoms with Crippen LogP contribution < -0.4 is 5.73 Å². The summed E-state index contributed by atoms with van der Waals surface area (Å²) in [5.74, 6) is 0. The van der Waals surface area contributed by atoms with E-state index in [1.165, 1.54) is 12.1 Å². The maximum Gasteiger partial charge on any atom is 0.416 e. The molecule has 1 aromatic carbocycles. The van der Waals surface area contributed by atoms with E-state index in [4.69, 9.17) is 5.73 Å². The van der Waals surface area contributed by atoms with E-state index in [-0.39, 0.29) is 6.54 Å². The number of aromatic nitrogens is 3. The Hall–Kier alpha value is -1.89. The highest BCUT2D eigenvalue weighted by Crippen LogP contribution is 2.30. The van der Waals surface area contributed by atoms with Gasteiger partial charge in [0.2, 0.25) is 0 Å². The van der Waals surface area contributed by atoms with Crippen LogP contribution in [0.5, 0.6) is 0 Å². The smallest absolute Gasteiger partial charge is 0.325 e. The molecule has 0 atom stereocenters. The first kappa shape index (κ1) is 11.6. The third kappa shape index (κ3) is 2.28. The molecular weight excluding hydrogens is 233 g/mol. The number of halogens is 3. The van der Waals surface area contributed by atoms with Gasteiger partial charge in [0.15, 0.2) is 0 Å². The minimum absolute atomic E-state index is 0.173. The first-order valence-electron chi connectivity index (χ1n) is 4.79. The molecule has 2 rings (SSSR count). The van der Waals surface area contributed by atoms with Gasteiger partial charge < -0.3 is 5.73 Å². The monoisotopic (exact) mass is 242 g/mol. The van der Waals surface area contributed by atoms with Crippen LogP contribution in [0.3, 0.4) is 0 Å². The van der Waals surface area contributed by atoms with Crippen LogP contribution in [-0.2, 0) is 12.7 Å². The first-order chi connectivity index (χ1) is 8.02. The lowest BCUT2D eigenvalue weighted by Crippen LogP contribution is -2.04. The van der Waals surface area contributed by atoms with Crippen molar-refractivity contribution in [1.29, 1.82) is 0 Å². The van der Waals surface area contributed by atoms with Crippen molar-refractivity contribution in [2.75, 3.05) is 0 Å². The van der Waals surface area contributed by atoms with Crippen molar-refractivity contribution in [2.45, 2.75) is 12.7 Å². The van der Waals surface area contributed by atoms with Gasteiger partial charge in [0.1, 0.15) is 11.4 Å². The predicted octanol–water partition coefficient (Wildman–Crippen LogP) is 1.95. The molecule has 0 radical (unpaired) electrons. The van der Waals surface area contributed by atoms with Gasteiger partial charge in [0.25, 0.3) is 0 Å². The van der Waals surface area contributed by atoms with Gasteiger partial charge in [-0.1, -0.05) is 12.1 Å². The Labute approximate surface area is 94.6 Å². The van der Waals surface area contributed by atoms with Gasteiger partial charge in [-0.05, 0) is 12.1 Å². The summed E-state index contributed by atoms with van der Waals surface area (Å²) in [5, 5.41) is 10.0. The minimum atomic E-state index is -4.33. The molecule has 17 heavy (non-hydrogen) atoms. The third-order valence-corrected chi connectivity index (χ3v) is 2.30. The van der Waals surface area contributed by atoms with Crippen molar-refractivity contribution >= 4 is 0 Å². The zero-order valence-electron chi connectivity index (χ0n) is 8.62. The number of aromatic amines is 1. The molecule has 0 aliphatic rings. The Morgan fingerprint density at radius 2 is 1.76 bits per heavy atom. The van der Waals surface area contributed by atoms with Crippen molar-refractivity contribution in [3.63, 3.8) is 0 Å². The Kier molecular flexibility index (Phi) is 2.84. The van der Waals surface area contributed by atoms with Crippen LogP contribution in [0.25, 0.3) is 11.3 Å². The lowest BCUT2D eigenvalue weighted by atomic mass is 10.1. The number of H-pyrrole nitrogens is 1. The van der Waals surface area contributed by atoms with E-state index in [1.54, 1.807) is 0 Å². The predicted molar refractivity (Wildman–Crippen MR) is 54.7 cm³/mol. The molecule has 0 saturated heterocycles. The summed E-state index contributed by atoms with van der Waals surface area (Å²) in [4.78, 5) is 0. The summed E-state index contributed by atoms with van der Waals surface area (Å²) >= 11 is 0. The third-order valence-electron chi connectivity index (χ3n) is 2.30. The van der Waals surface area contributed by atoms with E-state index in [9.17, 15) is 13.2 Å². The summed E-state index contributed by atoms with van der Waals surface area (Å²) in [5.41, 5.74) is 6.27. The Morgan fingerprint density at radius 1 is 1.12 bits per heavy atom. The molecule has 0 fully saturated rings. The second kappa shape index (κ2) is 4.17. The van der Waals surface area contributed by atoms with E-state index < -0.39 is 11.7 Å². The molecule has 0 spiro atoms. The lowest BCUT2D eigenvalue weighted by Gasteiger charge is -2.06. The van der Waals surface area contributed by atoms with E-state index >= 15 is 0 Å². The highest BCUT2D eigenvalue weighted by molar-refractivity contribution is 5.61. The lowest BCUT2D eigenvalue weighted by molar-refractivity contribution is -0.137. The zero-order valence-corrected chi connectivity index (χ0v) is 8.62. The molecule has 0 amide bonds. The first-order valence-corrected chi connectivity index (χ1v) is 4.79. The summed E-state index contributed by atoms with van der Waals surface area (Å²) < 4.78 is 37.1. The maximum absolute atomic E-state index is 12.4. The molecule has 1 aromatic heterocycles. The van der Waals surface area contributed by atoms with Crippen molar-refractivity contribution in [3.05, 3.63) is 35.5 Å². The number of nitrogens with two attached hydrogens (primary N) is 1. The summed E-state index contributed by atoms with van der Waals surface area (Å²) in [6.45, 7) is 0.173. The Morgan fingerprint density at radius 3 is 2.29 bits per heavy atom. The molecule has 4 nitrogen and oxygen atoms in total. The minimum Gasteiger partial charge on any atom is -0.325 e. The molecule has 0 saturated carbocycles. The maximum atomic E-state index is 12.4. The molecule has 90 valence electrons. The van der Waals surface area contributed by atoms with Crippen molar-refractivity contribution < 1.29 is 13.2 Å². The second-order valence-electron chi connectivity index (χ2n) is 3.40. The van der Waals surface area contributed by atoms with Gasteiger partial charge in [0, 0.05) is 12.1 Å². The van der Waals surface area contributed by atoms with Crippen LogP contribution in [0.2, 0.25) is 0 Å². The average Bonchev–Trinajstić information content (AvgIpc) is 2.76. The molecule has 2 aromatic rings. The number of rotatable bonds is 2. The van der Waals surface area contributed by atoms with Crippen molar-refractivity contribution in [2.24, 2.45) is 5.73 Å². The van der Waals surface area contributed by atoms with Crippen molar-refractivity contribution in [3.8, 4) is 11.3 Å². The Balaban J connectivity index is 2.36. The average molecular weight is 242 g/mol. The summed E-state index contributed by atoms with van der Waals surface area (Å²) in [6.07, 6.45) is -4.33. The largest absolute Gasteiger partial charge is 0.416 e.